The molecule has 0 saturated heterocycles. The Bertz CT molecular complexity index is 355. The molecule has 2 rings (SSSR count). The lowest BCUT2D eigenvalue weighted by atomic mass is 9.53. The fourth-order valence-corrected chi connectivity index (χ4v) is 6.95. The highest BCUT2D eigenvalue weighted by Gasteiger charge is 2.47. The van der Waals surface area contributed by atoms with Crippen molar-refractivity contribution in [2.24, 2.45) is 16.7 Å². The quantitative estimate of drug-likeness (QED) is 0.452. The highest BCUT2D eigenvalue weighted by molar-refractivity contribution is 7.80. The van der Waals surface area contributed by atoms with Crippen molar-refractivity contribution in [2.75, 3.05) is 5.75 Å². The summed E-state index contributed by atoms with van der Waals surface area (Å²) in [7, 11) is 0. The van der Waals surface area contributed by atoms with Gasteiger partial charge in [0.15, 0.2) is 0 Å². The molecule has 1 heteroatoms. The van der Waals surface area contributed by atoms with Crippen LogP contribution < -0.4 is 0 Å². The van der Waals surface area contributed by atoms with Crippen LogP contribution in [0.2, 0.25) is 0 Å². The van der Waals surface area contributed by atoms with Gasteiger partial charge >= 0.3 is 0 Å². The zero-order valence-corrected chi connectivity index (χ0v) is 19.1. The SMILES string of the molecule is CCCC1CCCCCCCCC(CCS)(C2(C)CCCCCCC2)C1. The van der Waals surface area contributed by atoms with Crippen LogP contribution in [0.25, 0.3) is 0 Å². The van der Waals surface area contributed by atoms with Crippen LogP contribution in [0.15, 0.2) is 0 Å². The minimum atomic E-state index is 0.566. The van der Waals surface area contributed by atoms with E-state index in [1.54, 1.807) is 0 Å². The summed E-state index contributed by atoms with van der Waals surface area (Å²) >= 11 is 4.80. The van der Waals surface area contributed by atoms with Crippen LogP contribution in [0.3, 0.4) is 0 Å². The molecule has 2 atom stereocenters. The molecule has 154 valence electrons. The minimum absolute atomic E-state index is 0.566. The number of thiol groups is 1. The molecule has 2 saturated carbocycles. The van der Waals surface area contributed by atoms with Crippen molar-refractivity contribution in [3.8, 4) is 0 Å². The summed E-state index contributed by atoms with van der Waals surface area (Å²) in [5.74, 6) is 2.06. The molecular weight excluding hydrogens is 332 g/mol. The van der Waals surface area contributed by atoms with Crippen LogP contribution >= 0.6 is 12.6 Å². The second-order valence-electron chi connectivity index (χ2n) is 10.1. The van der Waals surface area contributed by atoms with Gasteiger partial charge in [0.2, 0.25) is 0 Å². The lowest BCUT2D eigenvalue weighted by Crippen LogP contribution is -2.42. The Morgan fingerprint density at radius 3 is 1.88 bits per heavy atom. The topological polar surface area (TPSA) is 0 Å². The van der Waals surface area contributed by atoms with Crippen molar-refractivity contribution in [1.82, 2.24) is 0 Å². The van der Waals surface area contributed by atoms with E-state index in [2.05, 4.69) is 13.8 Å². The third kappa shape index (κ3) is 6.46. The van der Waals surface area contributed by atoms with Gasteiger partial charge in [0, 0.05) is 0 Å². The van der Waals surface area contributed by atoms with Gasteiger partial charge < -0.3 is 0 Å². The van der Waals surface area contributed by atoms with Crippen molar-refractivity contribution < 1.29 is 0 Å². The zero-order valence-electron chi connectivity index (χ0n) is 18.2. The predicted molar refractivity (Wildman–Crippen MR) is 121 cm³/mol. The predicted octanol–water partition coefficient (Wildman–Crippen LogP) is 8.98. The van der Waals surface area contributed by atoms with Gasteiger partial charge in [0.1, 0.15) is 0 Å². The van der Waals surface area contributed by atoms with Gasteiger partial charge in [-0.2, -0.15) is 12.6 Å². The van der Waals surface area contributed by atoms with E-state index in [-0.39, 0.29) is 0 Å². The summed E-state index contributed by atoms with van der Waals surface area (Å²) < 4.78 is 0. The van der Waals surface area contributed by atoms with Crippen LogP contribution in [0.1, 0.15) is 136 Å². The van der Waals surface area contributed by atoms with E-state index in [4.69, 9.17) is 12.6 Å². The first kappa shape index (κ1) is 22.6. The Morgan fingerprint density at radius 1 is 0.769 bits per heavy atom. The zero-order chi connectivity index (χ0) is 18.7. The van der Waals surface area contributed by atoms with Gasteiger partial charge in [-0.3, -0.25) is 0 Å². The summed E-state index contributed by atoms with van der Waals surface area (Å²) in [6.45, 7) is 5.12. The monoisotopic (exact) mass is 380 g/mol. The third-order valence-corrected chi connectivity index (χ3v) is 8.45. The van der Waals surface area contributed by atoms with Gasteiger partial charge in [-0.15, -0.1) is 0 Å². The van der Waals surface area contributed by atoms with Crippen LogP contribution in [0, 0.1) is 16.7 Å². The summed E-state index contributed by atoms with van der Waals surface area (Å²) in [6, 6.07) is 0. The molecule has 0 spiro atoms. The molecular formula is C25H48S. The van der Waals surface area contributed by atoms with Gasteiger partial charge in [-0.1, -0.05) is 104 Å². The van der Waals surface area contributed by atoms with Crippen molar-refractivity contribution >= 4 is 12.6 Å². The normalized spacial score (nSPS) is 32.2. The molecule has 0 aliphatic heterocycles. The van der Waals surface area contributed by atoms with E-state index >= 15 is 0 Å². The molecule has 26 heavy (non-hydrogen) atoms. The molecule has 0 bridgehead atoms. The largest absolute Gasteiger partial charge is 0.179 e. The van der Waals surface area contributed by atoms with Gasteiger partial charge in [0.25, 0.3) is 0 Å². The first-order valence-electron chi connectivity index (χ1n) is 12.3. The van der Waals surface area contributed by atoms with Gasteiger partial charge in [-0.05, 0) is 54.6 Å². The van der Waals surface area contributed by atoms with Crippen LogP contribution in [-0.4, -0.2) is 5.75 Å². The Balaban J connectivity index is 2.28. The Morgan fingerprint density at radius 2 is 1.31 bits per heavy atom. The average molecular weight is 381 g/mol. The van der Waals surface area contributed by atoms with Crippen molar-refractivity contribution in [3.05, 3.63) is 0 Å². The van der Waals surface area contributed by atoms with Crippen molar-refractivity contribution in [1.29, 1.82) is 0 Å². The fourth-order valence-electron chi connectivity index (χ4n) is 6.52. The van der Waals surface area contributed by atoms with E-state index in [0.29, 0.717) is 10.8 Å². The summed E-state index contributed by atoms with van der Waals surface area (Å²) in [5.41, 5.74) is 1.13. The molecule has 0 nitrogen and oxygen atoms in total. The molecule has 0 aromatic heterocycles. The number of rotatable bonds is 5. The van der Waals surface area contributed by atoms with Crippen LogP contribution in [0.4, 0.5) is 0 Å². The molecule has 0 radical (unpaired) electrons. The Hall–Kier alpha value is 0.350. The molecule has 0 aromatic rings. The number of hydrogen-bond acceptors (Lipinski definition) is 1. The first-order chi connectivity index (χ1) is 12.7. The van der Waals surface area contributed by atoms with Crippen LogP contribution in [0.5, 0.6) is 0 Å². The van der Waals surface area contributed by atoms with E-state index in [1.165, 1.54) is 122 Å². The molecule has 0 amide bonds. The second kappa shape index (κ2) is 12.0. The van der Waals surface area contributed by atoms with Gasteiger partial charge in [-0.25, -0.2) is 0 Å². The summed E-state index contributed by atoms with van der Waals surface area (Å²) in [4.78, 5) is 0. The highest BCUT2D eigenvalue weighted by Crippen LogP contribution is 2.57. The van der Waals surface area contributed by atoms with Gasteiger partial charge in [0.05, 0.1) is 0 Å². The smallest absolute Gasteiger partial charge is 0.00924 e. The Kier molecular flexibility index (Phi) is 10.5. The van der Waals surface area contributed by atoms with E-state index in [1.807, 2.05) is 0 Å². The van der Waals surface area contributed by atoms with Crippen molar-refractivity contribution in [3.63, 3.8) is 0 Å². The highest BCUT2D eigenvalue weighted by atomic mass is 32.1. The third-order valence-electron chi connectivity index (χ3n) is 8.22. The fraction of sp³-hybridized carbons (Fsp3) is 1.00. The lowest BCUT2D eigenvalue weighted by Gasteiger charge is -2.52. The van der Waals surface area contributed by atoms with Crippen LogP contribution in [-0.2, 0) is 0 Å². The average Bonchev–Trinajstić information content (AvgIpc) is 2.64. The standard InChI is InChI=1S/C25H48S/c1-3-15-23-16-11-7-4-5-10-14-19-25(22-23,20-21-26)24(2)17-12-8-6-9-13-18-24/h23,26H,3-22H2,1-2H3. The maximum atomic E-state index is 4.80. The molecule has 0 aromatic carbocycles. The van der Waals surface area contributed by atoms with E-state index < -0.39 is 0 Å². The molecule has 2 aliphatic rings. The van der Waals surface area contributed by atoms with E-state index in [0.717, 1.165) is 11.7 Å². The summed E-state index contributed by atoms with van der Waals surface area (Å²) in [6.07, 6.45) is 27.9. The Labute approximate surface area is 171 Å². The minimum Gasteiger partial charge on any atom is -0.179 e. The first-order valence-corrected chi connectivity index (χ1v) is 12.9. The molecule has 0 N–H and O–H groups in total. The maximum Gasteiger partial charge on any atom is -0.00924 e. The maximum absolute atomic E-state index is 4.80. The molecule has 2 aliphatic carbocycles. The summed E-state index contributed by atoms with van der Waals surface area (Å²) in [5, 5.41) is 0. The molecule has 2 unspecified atom stereocenters. The molecule has 0 heterocycles. The number of hydrogen-bond donors (Lipinski definition) is 1. The lowest BCUT2D eigenvalue weighted by molar-refractivity contribution is -0.0154. The van der Waals surface area contributed by atoms with Crippen molar-refractivity contribution in [2.45, 2.75) is 136 Å². The van der Waals surface area contributed by atoms with E-state index in [9.17, 15) is 0 Å². The second-order valence-corrected chi connectivity index (χ2v) is 10.5. The molecule has 2 fully saturated rings.